The van der Waals surface area contributed by atoms with Crippen LogP contribution in [0.5, 0.6) is 0 Å². The fourth-order valence-electron chi connectivity index (χ4n) is 1.84. The van der Waals surface area contributed by atoms with Crippen molar-refractivity contribution in [3.8, 4) is 0 Å². The molecule has 0 aliphatic carbocycles. The van der Waals surface area contributed by atoms with Crippen LogP contribution in [0.2, 0.25) is 0 Å². The molecule has 0 aliphatic rings. The third kappa shape index (κ3) is 4.06. The third-order valence-electron chi connectivity index (χ3n) is 2.81. The fraction of sp³-hybridized carbons (Fsp3) is 0.385. The second kappa shape index (κ2) is 7.07. The first-order chi connectivity index (χ1) is 9.20. The van der Waals surface area contributed by atoms with Crippen LogP contribution in [0, 0.1) is 5.82 Å². The zero-order valence-electron chi connectivity index (χ0n) is 10.6. The number of rotatable bonds is 6. The highest BCUT2D eigenvalue weighted by Crippen LogP contribution is 2.24. The van der Waals surface area contributed by atoms with Crippen LogP contribution in [-0.2, 0) is 6.42 Å². The summed E-state index contributed by atoms with van der Waals surface area (Å²) in [5, 5.41) is 9.47. The van der Waals surface area contributed by atoms with Crippen molar-refractivity contribution in [2.24, 2.45) is 0 Å². The second-order valence-corrected chi connectivity index (χ2v) is 5.74. The topological polar surface area (TPSA) is 37.8 Å². The number of hydrogen-bond acceptors (Lipinski definition) is 4. The van der Waals surface area contributed by atoms with Gasteiger partial charge in [-0.3, -0.25) is 0 Å². The van der Waals surface area contributed by atoms with Crippen LogP contribution in [0.3, 0.4) is 0 Å². The molecule has 2 rings (SSSR count). The predicted molar refractivity (Wildman–Crippen MR) is 78.7 cm³/mol. The highest BCUT2D eigenvalue weighted by Gasteiger charge is 2.16. The van der Waals surface area contributed by atoms with Crippen molar-refractivity contribution in [1.82, 2.24) is 14.9 Å². The zero-order chi connectivity index (χ0) is 13.7. The van der Waals surface area contributed by atoms with Crippen molar-refractivity contribution in [2.45, 2.75) is 25.8 Å². The van der Waals surface area contributed by atoms with Crippen LogP contribution in [0.1, 0.15) is 30.6 Å². The number of nitrogens with one attached hydrogen (secondary N) is 1. The molecule has 0 saturated carbocycles. The van der Waals surface area contributed by atoms with Gasteiger partial charge in [0.1, 0.15) is 5.82 Å². The summed E-state index contributed by atoms with van der Waals surface area (Å²) in [5.74, 6) is -0.219. The van der Waals surface area contributed by atoms with Gasteiger partial charge < -0.3 is 5.32 Å². The van der Waals surface area contributed by atoms with E-state index in [4.69, 9.17) is 0 Å². The van der Waals surface area contributed by atoms with E-state index in [0.29, 0.717) is 6.42 Å². The maximum atomic E-state index is 13.3. The minimum atomic E-state index is -0.219. The van der Waals surface area contributed by atoms with Crippen LogP contribution in [0.15, 0.2) is 28.1 Å². The quantitative estimate of drug-likeness (QED) is 0.868. The van der Waals surface area contributed by atoms with Crippen molar-refractivity contribution in [3.63, 3.8) is 0 Å². The highest BCUT2D eigenvalue weighted by atomic mass is 79.9. The Morgan fingerprint density at radius 3 is 3.00 bits per heavy atom. The van der Waals surface area contributed by atoms with Gasteiger partial charge in [-0.2, -0.15) is 0 Å². The minimum absolute atomic E-state index is 0.0665. The van der Waals surface area contributed by atoms with Crippen LogP contribution in [-0.4, -0.2) is 16.1 Å². The van der Waals surface area contributed by atoms with Crippen molar-refractivity contribution in [2.75, 3.05) is 6.54 Å². The van der Waals surface area contributed by atoms with E-state index in [1.165, 1.54) is 17.6 Å². The number of hydrogen-bond donors (Lipinski definition) is 1. The summed E-state index contributed by atoms with van der Waals surface area (Å²) < 4.78 is 18.1. The molecule has 0 amide bonds. The normalized spacial score (nSPS) is 12.6. The van der Waals surface area contributed by atoms with Gasteiger partial charge >= 0.3 is 0 Å². The summed E-state index contributed by atoms with van der Waals surface area (Å²) in [7, 11) is 0. The minimum Gasteiger partial charge on any atom is -0.308 e. The van der Waals surface area contributed by atoms with Crippen molar-refractivity contribution >= 4 is 27.5 Å². The summed E-state index contributed by atoms with van der Waals surface area (Å²) in [4.78, 5) is 0. The van der Waals surface area contributed by atoms with E-state index >= 15 is 0 Å². The molecule has 1 N–H and O–H groups in total. The standard InChI is InChI=1S/C13H15BrFN3S/c1-2-5-16-12(13-8-19-18-17-13)7-9-6-10(15)3-4-11(9)14/h3-4,6,8,12,16H,2,5,7H2,1H3. The Morgan fingerprint density at radius 2 is 2.32 bits per heavy atom. The monoisotopic (exact) mass is 343 g/mol. The SMILES string of the molecule is CCCNC(Cc1cc(F)ccc1Br)c1csnn1. The molecule has 0 saturated heterocycles. The van der Waals surface area contributed by atoms with Crippen molar-refractivity contribution in [1.29, 1.82) is 0 Å². The lowest BCUT2D eigenvalue weighted by atomic mass is 10.0. The number of nitrogens with zero attached hydrogens (tertiary/aromatic N) is 2. The highest BCUT2D eigenvalue weighted by molar-refractivity contribution is 9.10. The Hall–Kier alpha value is -0.850. The van der Waals surface area contributed by atoms with Gasteiger partial charge in [0.15, 0.2) is 0 Å². The lowest BCUT2D eigenvalue weighted by Crippen LogP contribution is -2.24. The number of halogens is 2. The summed E-state index contributed by atoms with van der Waals surface area (Å²) in [6.45, 7) is 3.01. The molecule has 102 valence electrons. The Balaban J connectivity index is 2.17. The molecule has 0 radical (unpaired) electrons. The molecule has 0 spiro atoms. The van der Waals surface area contributed by atoms with Gasteiger partial charge in [0.25, 0.3) is 0 Å². The van der Waals surface area contributed by atoms with Gasteiger partial charge in [0, 0.05) is 9.85 Å². The molecule has 0 bridgehead atoms. The Kier molecular flexibility index (Phi) is 5.42. The van der Waals surface area contributed by atoms with Gasteiger partial charge in [-0.25, -0.2) is 4.39 Å². The van der Waals surface area contributed by atoms with Gasteiger partial charge in [0.05, 0.1) is 11.7 Å². The smallest absolute Gasteiger partial charge is 0.123 e. The number of aromatic nitrogens is 2. The van der Waals surface area contributed by atoms with E-state index in [9.17, 15) is 4.39 Å². The van der Waals surface area contributed by atoms with Crippen LogP contribution in [0.25, 0.3) is 0 Å². The molecule has 1 aromatic carbocycles. The molecular formula is C13H15BrFN3S. The maximum Gasteiger partial charge on any atom is 0.123 e. The van der Waals surface area contributed by atoms with E-state index in [0.717, 1.165) is 28.7 Å². The Labute approximate surface area is 124 Å². The average molecular weight is 344 g/mol. The Morgan fingerprint density at radius 1 is 1.47 bits per heavy atom. The molecule has 19 heavy (non-hydrogen) atoms. The van der Waals surface area contributed by atoms with Gasteiger partial charge in [-0.15, -0.1) is 5.10 Å². The molecule has 2 aromatic rings. The summed E-state index contributed by atoms with van der Waals surface area (Å²) in [6, 6.07) is 4.81. The van der Waals surface area contributed by atoms with E-state index < -0.39 is 0 Å². The first-order valence-electron chi connectivity index (χ1n) is 6.15. The van der Waals surface area contributed by atoms with Crippen molar-refractivity contribution < 1.29 is 4.39 Å². The predicted octanol–water partition coefficient (Wildman–Crippen LogP) is 3.72. The van der Waals surface area contributed by atoms with Gasteiger partial charge in [-0.05, 0) is 54.7 Å². The van der Waals surface area contributed by atoms with Crippen LogP contribution < -0.4 is 5.32 Å². The summed E-state index contributed by atoms with van der Waals surface area (Å²) in [6.07, 6.45) is 1.72. The molecule has 1 atom stereocenters. The molecule has 1 heterocycles. The zero-order valence-corrected chi connectivity index (χ0v) is 13.0. The average Bonchev–Trinajstić information content (AvgIpc) is 2.92. The second-order valence-electron chi connectivity index (χ2n) is 4.28. The lowest BCUT2D eigenvalue weighted by molar-refractivity contribution is 0.514. The largest absolute Gasteiger partial charge is 0.308 e. The van der Waals surface area contributed by atoms with Gasteiger partial charge in [0.2, 0.25) is 0 Å². The molecule has 3 nitrogen and oxygen atoms in total. The fourth-order valence-corrected chi connectivity index (χ4v) is 2.76. The summed E-state index contributed by atoms with van der Waals surface area (Å²) >= 11 is 4.79. The molecular weight excluding hydrogens is 329 g/mol. The number of benzene rings is 1. The third-order valence-corrected chi connectivity index (χ3v) is 4.10. The van der Waals surface area contributed by atoms with E-state index in [1.54, 1.807) is 12.1 Å². The first kappa shape index (κ1) is 14.6. The maximum absolute atomic E-state index is 13.3. The van der Waals surface area contributed by atoms with Gasteiger partial charge in [-0.1, -0.05) is 27.3 Å². The van der Waals surface area contributed by atoms with Crippen molar-refractivity contribution in [3.05, 3.63) is 45.1 Å². The molecule has 1 aromatic heterocycles. The van der Waals surface area contributed by atoms with Crippen LogP contribution in [0.4, 0.5) is 4.39 Å². The van der Waals surface area contributed by atoms with Crippen LogP contribution >= 0.6 is 27.5 Å². The molecule has 6 heteroatoms. The molecule has 0 aliphatic heterocycles. The molecule has 0 fully saturated rings. The van der Waals surface area contributed by atoms with E-state index in [1.807, 2.05) is 5.38 Å². The summed E-state index contributed by atoms with van der Waals surface area (Å²) in [5.41, 5.74) is 1.84. The lowest BCUT2D eigenvalue weighted by Gasteiger charge is -2.17. The van der Waals surface area contributed by atoms with E-state index in [-0.39, 0.29) is 11.9 Å². The Bertz CT molecular complexity index is 519. The molecule has 1 unspecified atom stereocenters. The van der Waals surface area contributed by atoms with E-state index in [2.05, 4.69) is 37.8 Å². The first-order valence-corrected chi connectivity index (χ1v) is 7.78.